The smallest absolute Gasteiger partial charge is 0.309 e. The first kappa shape index (κ1) is 25.5. The Morgan fingerprint density at radius 1 is 1.22 bits per heavy atom. The van der Waals surface area contributed by atoms with Crippen LogP contribution in [0.2, 0.25) is 0 Å². The van der Waals surface area contributed by atoms with E-state index < -0.39 is 11.6 Å². The molecular weight excluding hydrogens is 460 g/mol. The Morgan fingerprint density at radius 2 is 1.97 bits per heavy atom. The summed E-state index contributed by atoms with van der Waals surface area (Å²) in [5.74, 6) is -0.309. The maximum atomic E-state index is 13.5. The monoisotopic (exact) mass is 494 g/mol. The second-order valence-electron chi connectivity index (χ2n) is 10.0. The fourth-order valence-electron chi connectivity index (χ4n) is 4.94. The van der Waals surface area contributed by atoms with Gasteiger partial charge in [-0.05, 0) is 50.5 Å². The Balaban J connectivity index is 1.94. The number of β-amino-alcohol motifs (C(OH)–C–C–N with tert-alkyl or cyclic N) is 1. The molecule has 0 radical (unpaired) electrons. The molecule has 36 heavy (non-hydrogen) atoms. The van der Waals surface area contributed by atoms with Crippen molar-refractivity contribution < 1.29 is 19.7 Å². The van der Waals surface area contributed by atoms with Gasteiger partial charge >= 0.3 is 5.97 Å². The quantitative estimate of drug-likeness (QED) is 0.495. The van der Waals surface area contributed by atoms with Gasteiger partial charge in [0.05, 0.1) is 36.0 Å². The highest BCUT2D eigenvalue weighted by Crippen LogP contribution is 2.39. The lowest BCUT2D eigenvalue weighted by atomic mass is 9.91. The van der Waals surface area contributed by atoms with Crippen LogP contribution in [0.3, 0.4) is 0 Å². The molecule has 0 atom stereocenters. The van der Waals surface area contributed by atoms with Crippen molar-refractivity contribution in [2.24, 2.45) is 7.05 Å². The van der Waals surface area contributed by atoms with Crippen molar-refractivity contribution in [3.63, 3.8) is 0 Å². The number of anilines is 1. The van der Waals surface area contributed by atoms with Crippen molar-refractivity contribution in [1.29, 1.82) is 0 Å². The minimum atomic E-state index is -1.01. The Kier molecular flexibility index (Phi) is 6.95. The number of ether oxygens (including phenoxy) is 1. The molecule has 4 rings (SSSR count). The summed E-state index contributed by atoms with van der Waals surface area (Å²) in [5.41, 5.74) is 3.50. The summed E-state index contributed by atoms with van der Waals surface area (Å²) in [6.07, 6.45) is 4.17. The Bertz CT molecular complexity index is 1350. The zero-order chi connectivity index (χ0) is 26.2. The topological polar surface area (TPSA) is 110 Å². The summed E-state index contributed by atoms with van der Waals surface area (Å²) in [4.78, 5) is 27.4. The third-order valence-electron chi connectivity index (χ3n) is 6.44. The van der Waals surface area contributed by atoms with E-state index in [9.17, 15) is 19.8 Å². The summed E-state index contributed by atoms with van der Waals surface area (Å²) in [5, 5.41) is 24.5. The molecule has 3 heterocycles. The average Bonchev–Trinajstić information content (AvgIpc) is 3.25. The number of aliphatic hydroxyl groups is 1. The molecule has 9 nitrogen and oxygen atoms in total. The van der Waals surface area contributed by atoms with Crippen LogP contribution in [0.1, 0.15) is 38.4 Å². The van der Waals surface area contributed by atoms with Gasteiger partial charge in [-0.2, -0.15) is 5.10 Å². The fourth-order valence-corrected chi connectivity index (χ4v) is 4.94. The molecule has 192 valence electrons. The molecule has 0 fully saturated rings. The van der Waals surface area contributed by atoms with Gasteiger partial charge in [-0.25, -0.2) is 0 Å². The number of carbonyl (C=O) groups is 1. The van der Waals surface area contributed by atoms with Crippen LogP contribution in [0.5, 0.6) is 5.75 Å². The van der Waals surface area contributed by atoms with Gasteiger partial charge in [0.1, 0.15) is 12.4 Å². The molecular formula is C27H34N4O5. The summed E-state index contributed by atoms with van der Waals surface area (Å²) >= 11 is 0. The number of nitrogens with zero attached hydrogens (tertiary/aromatic N) is 4. The van der Waals surface area contributed by atoms with Crippen molar-refractivity contribution in [3.8, 4) is 28.0 Å². The first-order chi connectivity index (χ1) is 17.0. The number of fused-ring (bicyclic) bond motifs is 1. The highest BCUT2D eigenvalue weighted by Gasteiger charge is 2.27. The highest BCUT2D eigenvalue weighted by molar-refractivity contribution is 5.84. The van der Waals surface area contributed by atoms with Gasteiger partial charge in [-0.15, -0.1) is 0 Å². The van der Waals surface area contributed by atoms with E-state index in [0.29, 0.717) is 53.4 Å². The number of hydrogen-bond donors (Lipinski definition) is 2. The molecule has 1 aliphatic rings. The van der Waals surface area contributed by atoms with Crippen LogP contribution < -0.4 is 15.2 Å². The van der Waals surface area contributed by atoms with Crippen LogP contribution in [0, 0.1) is 6.92 Å². The highest BCUT2D eigenvalue weighted by atomic mass is 16.5. The van der Waals surface area contributed by atoms with Crippen molar-refractivity contribution in [2.75, 3.05) is 24.6 Å². The van der Waals surface area contributed by atoms with E-state index in [0.717, 1.165) is 24.2 Å². The number of aromatic nitrogens is 3. The molecule has 0 bridgehead atoms. The number of pyridine rings is 1. The number of aliphatic carboxylic acids is 1. The minimum absolute atomic E-state index is 0.256. The number of aryl methyl sites for hydroxylation is 1. The first-order valence-corrected chi connectivity index (χ1v) is 12.2. The molecule has 2 N–H and O–H groups in total. The minimum Gasteiger partial charge on any atom is -0.490 e. The van der Waals surface area contributed by atoms with Crippen molar-refractivity contribution in [3.05, 3.63) is 52.2 Å². The van der Waals surface area contributed by atoms with Crippen LogP contribution in [-0.4, -0.2) is 55.8 Å². The average molecular weight is 495 g/mol. The molecule has 0 saturated carbocycles. The molecule has 0 saturated heterocycles. The molecule has 0 unspecified atom stereocenters. The van der Waals surface area contributed by atoms with E-state index in [1.165, 1.54) is 4.57 Å². The molecule has 0 spiro atoms. The van der Waals surface area contributed by atoms with Gasteiger partial charge in [0.25, 0.3) is 5.56 Å². The van der Waals surface area contributed by atoms with Gasteiger partial charge in [0.15, 0.2) is 0 Å². The van der Waals surface area contributed by atoms with Gasteiger partial charge in [-0.1, -0.05) is 13.0 Å². The third-order valence-corrected chi connectivity index (χ3v) is 6.44. The molecule has 1 aliphatic heterocycles. The zero-order valence-corrected chi connectivity index (χ0v) is 21.5. The molecule has 3 aromatic rings. The van der Waals surface area contributed by atoms with Crippen LogP contribution in [0.25, 0.3) is 22.3 Å². The molecule has 1 aromatic carbocycles. The SMILES string of the molecule is CCCn1cc(-c2c(C)c(-c3ccc4c(c3)N(CC(C)(C)O)CCO4)c(CC(=O)O)n(C)c2=O)cn1. The number of carboxylic acids is 1. The van der Waals surface area contributed by atoms with E-state index >= 15 is 0 Å². The van der Waals surface area contributed by atoms with Crippen molar-refractivity contribution in [2.45, 2.75) is 52.7 Å². The van der Waals surface area contributed by atoms with E-state index in [1.807, 2.05) is 36.0 Å². The predicted octanol–water partition coefficient (Wildman–Crippen LogP) is 3.23. The first-order valence-electron chi connectivity index (χ1n) is 12.2. The third kappa shape index (κ3) is 5.02. The molecule has 9 heteroatoms. The second-order valence-corrected chi connectivity index (χ2v) is 10.0. The maximum absolute atomic E-state index is 13.5. The van der Waals surface area contributed by atoms with Crippen molar-refractivity contribution in [1.82, 2.24) is 14.3 Å². The Labute approximate surface area is 210 Å². The predicted molar refractivity (Wildman–Crippen MR) is 139 cm³/mol. The largest absolute Gasteiger partial charge is 0.490 e. The van der Waals surface area contributed by atoms with E-state index in [-0.39, 0.29) is 12.0 Å². The molecule has 2 aromatic heterocycles. The number of carboxylic acid groups (broad SMARTS) is 1. The summed E-state index contributed by atoms with van der Waals surface area (Å²) < 4.78 is 9.11. The number of hydrogen-bond acceptors (Lipinski definition) is 6. The lowest BCUT2D eigenvalue weighted by Gasteiger charge is -2.35. The van der Waals surface area contributed by atoms with Gasteiger partial charge in [-0.3, -0.25) is 14.3 Å². The Morgan fingerprint density at radius 3 is 2.64 bits per heavy atom. The van der Waals surface area contributed by atoms with Gasteiger partial charge < -0.3 is 24.4 Å². The fraction of sp³-hybridized carbons (Fsp3) is 0.444. The zero-order valence-electron chi connectivity index (χ0n) is 21.5. The van der Waals surface area contributed by atoms with Crippen LogP contribution in [0.4, 0.5) is 5.69 Å². The normalized spacial score (nSPS) is 13.4. The number of benzene rings is 1. The Hall–Kier alpha value is -3.59. The van der Waals surface area contributed by atoms with Crippen LogP contribution >= 0.6 is 0 Å². The van der Waals surface area contributed by atoms with Gasteiger partial charge in [0.2, 0.25) is 0 Å². The number of rotatable bonds is 8. The summed E-state index contributed by atoms with van der Waals surface area (Å²) in [6, 6.07) is 5.73. The summed E-state index contributed by atoms with van der Waals surface area (Å²) in [6.45, 7) is 9.74. The van der Waals surface area contributed by atoms with Crippen LogP contribution in [0.15, 0.2) is 35.4 Å². The standard InChI is InChI=1S/C27H34N4O5/c1-6-9-31-15-19(14-28-31)25-17(2)24(21(13-23(32)33)29(5)26(25)34)18-7-8-22-20(12-18)30(10-11-36-22)16-27(3,4)35/h7-8,12,14-15,35H,6,9-11,13,16H2,1-5H3,(H,32,33). The van der Waals surface area contributed by atoms with Crippen molar-refractivity contribution >= 4 is 11.7 Å². The van der Waals surface area contributed by atoms with E-state index in [1.54, 1.807) is 27.1 Å². The second kappa shape index (κ2) is 9.81. The molecule has 0 amide bonds. The maximum Gasteiger partial charge on any atom is 0.309 e. The van der Waals surface area contributed by atoms with Gasteiger partial charge in [0, 0.05) is 43.2 Å². The van der Waals surface area contributed by atoms with Crippen LogP contribution in [-0.2, 0) is 24.8 Å². The lowest BCUT2D eigenvalue weighted by molar-refractivity contribution is -0.136. The van der Waals surface area contributed by atoms with E-state index in [4.69, 9.17) is 4.74 Å². The molecule has 0 aliphatic carbocycles. The summed E-state index contributed by atoms with van der Waals surface area (Å²) in [7, 11) is 1.62. The van der Waals surface area contributed by atoms with E-state index in [2.05, 4.69) is 16.9 Å². The lowest BCUT2D eigenvalue weighted by Crippen LogP contribution is -2.42.